The first kappa shape index (κ1) is 12.8. The second-order valence-electron chi connectivity index (χ2n) is 4.44. The van der Waals surface area contributed by atoms with Crippen LogP contribution in [0.2, 0.25) is 0 Å². The maximum atomic E-state index is 3.30. The molecule has 3 rings (SSSR count). The largest absolute Gasteiger partial charge is 0.138 e. The van der Waals surface area contributed by atoms with Crippen molar-refractivity contribution in [3.63, 3.8) is 0 Å². The van der Waals surface area contributed by atoms with Crippen LogP contribution in [-0.2, 0) is 0 Å². The molecule has 2 heteroatoms. The molecular weight excluding hydrogens is 272 g/mol. The highest BCUT2D eigenvalue weighted by Gasteiger charge is 2.10. The van der Waals surface area contributed by atoms with Crippen molar-refractivity contribution in [2.45, 2.75) is 0 Å². The molecule has 0 saturated carbocycles. The van der Waals surface area contributed by atoms with Crippen molar-refractivity contribution in [3.8, 4) is 22.9 Å². The minimum absolute atomic E-state index is 0.874. The summed E-state index contributed by atoms with van der Waals surface area (Å²) in [5, 5.41) is 4.63. The highest BCUT2D eigenvalue weighted by Crippen LogP contribution is 2.31. The van der Waals surface area contributed by atoms with Crippen LogP contribution in [0.1, 0.15) is 11.1 Å². The van der Waals surface area contributed by atoms with Gasteiger partial charge in [0.05, 0.1) is 20.5 Å². The average molecular weight is 284 g/mol. The van der Waals surface area contributed by atoms with E-state index in [4.69, 9.17) is 0 Å². The van der Waals surface area contributed by atoms with Gasteiger partial charge in [0.25, 0.3) is 0 Å². The van der Waals surface area contributed by atoms with Gasteiger partial charge in [0.15, 0.2) is 0 Å². The van der Waals surface area contributed by atoms with E-state index in [1.165, 1.54) is 10.8 Å². The van der Waals surface area contributed by atoms with Crippen molar-refractivity contribution in [2.24, 2.45) is 0 Å². The first-order chi connectivity index (χ1) is 9.86. The quantitative estimate of drug-likeness (QED) is 0.327. The first-order valence-electron chi connectivity index (χ1n) is 6.48. The average Bonchev–Trinajstić information content (AvgIpc) is 2.50. The van der Waals surface area contributed by atoms with Crippen LogP contribution in [0, 0.1) is 35.1 Å². The summed E-state index contributed by atoms with van der Waals surface area (Å²) in [5.74, 6) is 6.60. The van der Waals surface area contributed by atoms with E-state index in [1.54, 1.807) is 0 Å². The minimum atomic E-state index is 0.874. The molecule has 0 saturated heterocycles. The number of hydrogen-bond acceptors (Lipinski definition) is 0. The summed E-state index contributed by atoms with van der Waals surface area (Å²) < 4.78 is 0. The van der Waals surface area contributed by atoms with Gasteiger partial charge in [-0.3, -0.25) is 0 Å². The van der Waals surface area contributed by atoms with Crippen molar-refractivity contribution in [1.29, 1.82) is 0 Å². The Morgan fingerprint density at radius 1 is 0.700 bits per heavy atom. The van der Waals surface area contributed by atoms with Crippen molar-refractivity contribution in [2.75, 3.05) is 0 Å². The van der Waals surface area contributed by atoms with E-state index in [0.29, 0.717) is 0 Å². The number of fused-ring (bicyclic) bond motifs is 2. The minimum Gasteiger partial charge on any atom is -0.138 e. The van der Waals surface area contributed by atoms with Gasteiger partial charge in [0, 0.05) is 11.1 Å². The lowest BCUT2D eigenvalue weighted by Crippen LogP contribution is -1.90. The molecule has 0 aromatic heterocycles. The van der Waals surface area contributed by atoms with Crippen LogP contribution in [-0.4, -0.2) is 20.5 Å². The maximum Gasteiger partial charge on any atom is 0.0911 e. The molecule has 0 bridgehead atoms. The van der Waals surface area contributed by atoms with Gasteiger partial charge >= 0.3 is 0 Å². The standard InChI is InChI=1S/C18H12Si2/c19-11-9-17-13-5-1-2-6-14(13)18(10-12-20)16-8-4-3-7-15(16)17/h1,4-8H,19-20H3. The van der Waals surface area contributed by atoms with Gasteiger partial charge in [0.1, 0.15) is 0 Å². The highest BCUT2D eigenvalue weighted by molar-refractivity contribution is 6.24. The Bertz CT molecular complexity index is 797. The molecule has 92 valence electrons. The van der Waals surface area contributed by atoms with Crippen molar-refractivity contribution in [3.05, 3.63) is 59.7 Å². The monoisotopic (exact) mass is 284 g/mol. The molecule has 0 aliphatic carbocycles. The summed E-state index contributed by atoms with van der Waals surface area (Å²) in [6.07, 6.45) is 0. The molecule has 0 N–H and O–H groups in total. The SMILES string of the molecule is [SiH3]C#Cc1c2c[c]ccc2c(C#C[SiH3])c2c[c]ccc12. The lowest BCUT2D eigenvalue weighted by Gasteiger charge is -2.10. The van der Waals surface area contributed by atoms with Gasteiger partial charge in [0.2, 0.25) is 0 Å². The highest BCUT2D eigenvalue weighted by atomic mass is 28.1. The summed E-state index contributed by atoms with van der Waals surface area (Å²) >= 11 is 0. The molecule has 3 aromatic rings. The van der Waals surface area contributed by atoms with Crippen LogP contribution in [0.15, 0.2) is 36.4 Å². The predicted molar refractivity (Wildman–Crippen MR) is 92.8 cm³/mol. The van der Waals surface area contributed by atoms with E-state index in [2.05, 4.69) is 47.2 Å². The molecule has 0 atom stereocenters. The third-order valence-corrected chi connectivity index (χ3v) is 3.81. The third-order valence-electron chi connectivity index (χ3n) is 3.31. The molecule has 3 aromatic carbocycles. The lowest BCUT2D eigenvalue weighted by atomic mass is 9.92. The molecule has 0 fully saturated rings. The Balaban J connectivity index is 2.66. The Labute approximate surface area is 125 Å². The molecule has 0 aliphatic rings. The van der Waals surface area contributed by atoms with Gasteiger partial charge in [-0.05, 0) is 45.8 Å². The first-order valence-corrected chi connectivity index (χ1v) is 8.48. The Morgan fingerprint density at radius 2 is 1.15 bits per heavy atom. The topological polar surface area (TPSA) is 0 Å². The van der Waals surface area contributed by atoms with Gasteiger partial charge < -0.3 is 0 Å². The van der Waals surface area contributed by atoms with Crippen LogP contribution >= 0.6 is 0 Å². The van der Waals surface area contributed by atoms with E-state index in [9.17, 15) is 0 Å². The van der Waals surface area contributed by atoms with Crippen LogP contribution in [0.3, 0.4) is 0 Å². The second kappa shape index (κ2) is 5.39. The molecule has 2 radical (unpaired) electrons. The van der Waals surface area contributed by atoms with E-state index in [0.717, 1.165) is 42.4 Å². The molecule has 20 heavy (non-hydrogen) atoms. The number of benzene rings is 3. The van der Waals surface area contributed by atoms with Crippen LogP contribution < -0.4 is 0 Å². The zero-order valence-electron chi connectivity index (χ0n) is 11.5. The fourth-order valence-electron chi connectivity index (χ4n) is 2.52. The van der Waals surface area contributed by atoms with E-state index in [1.807, 2.05) is 24.3 Å². The van der Waals surface area contributed by atoms with Gasteiger partial charge in [-0.1, -0.05) is 36.1 Å². The normalized spacial score (nSPS) is 10.0. The number of hydrogen-bond donors (Lipinski definition) is 0. The molecular formula is C18H12Si2. The van der Waals surface area contributed by atoms with Crippen molar-refractivity contribution in [1.82, 2.24) is 0 Å². The van der Waals surface area contributed by atoms with Crippen molar-refractivity contribution < 1.29 is 0 Å². The van der Waals surface area contributed by atoms with E-state index in [-0.39, 0.29) is 0 Å². The molecule has 0 spiro atoms. The summed E-state index contributed by atoms with van der Waals surface area (Å²) in [6.45, 7) is 0. The van der Waals surface area contributed by atoms with Gasteiger partial charge in [-0.25, -0.2) is 0 Å². The summed E-state index contributed by atoms with van der Waals surface area (Å²) in [6, 6.07) is 18.4. The van der Waals surface area contributed by atoms with Crippen molar-refractivity contribution >= 4 is 42.0 Å². The van der Waals surface area contributed by atoms with Crippen LogP contribution in [0.25, 0.3) is 21.5 Å². The molecule has 0 aliphatic heterocycles. The smallest absolute Gasteiger partial charge is 0.0911 e. The molecule has 0 nitrogen and oxygen atoms in total. The third kappa shape index (κ3) is 1.96. The molecule has 0 unspecified atom stereocenters. The van der Waals surface area contributed by atoms with E-state index >= 15 is 0 Å². The summed E-state index contributed by atoms with van der Waals surface area (Å²) in [7, 11) is 1.75. The Morgan fingerprint density at radius 3 is 1.55 bits per heavy atom. The lowest BCUT2D eigenvalue weighted by molar-refractivity contribution is 1.70. The second-order valence-corrected chi connectivity index (χ2v) is 5.44. The zero-order chi connectivity index (χ0) is 13.9. The maximum absolute atomic E-state index is 3.30. The molecule has 0 heterocycles. The molecule has 0 amide bonds. The van der Waals surface area contributed by atoms with E-state index < -0.39 is 0 Å². The van der Waals surface area contributed by atoms with Crippen LogP contribution in [0.4, 0.5) is 0 Å². The fraction of sp³-hybridized carbons (Fsp3) is 0. The van der Waals surface area contributed by atoms with Crippen LogP contribution in [0.5, 0.6) is 0 Å². The van der Waals surface area contributed by atoms with Gasteiger partial charge in [-0.15, -0.1) is 11.1 Å². The zero-order valence-corrected chi connectivity index (χ0v) is 15.5. The summed E-state index contributed by atoms with van der Waals surface area (Å²) in [4.78, 5) is 0. The van der Waals surface area contributed by atoms with Gasteiger partial charge in [-0.2, -0.15) is 0 Å². The predicted octanol–water partition coefficient (Wildman–Crippen LogP) is 0.942. The Kier molecular flexibility index (Phi) is 3.43. The fourth-order valence-corrected chi connectivity index (χ4v) is 3.02. The summed E-state index contributed by atoms with van der Waals surface area (Å²) in [5.41, 5.74) is 8.50. The Hall–Kier alpha value is -2.27. The number of rotatable bonds is 0.